The number of carbonyl (C=O) groups excluding carboxylic acids is 1. The average Bonchev–Trinajstić information content (AvgIpc) is 2.44. The normalized spacial score (nSPS) is 12.9. The first-order valence-corrected chi connectivity index (χ1v) is 8.72. The van der Waals surface area contributed by atoms with E-state index >= 15 is 0 Å². The molecule has 23 heavy (non-hydrogen) atoms. The molecule has 0 spiro atoms. The second-order valence-corrected chi connectivity index (χ2v) is 7.51. The largest absolute Gasteiger partial charge is 0.481 e. The lowest BCUT2D eigenvalue weighted by molar-refractivity contribution is -0.137. The molecular formula is C15H22N2O5S. The second-order valence-electron chi connectivity index (χ2n) is 5.74. The van der Waals surface area contributed by atoms with E-state index in [1.54, 1.807) is 6.92 Å². The van der Waals surface area contributed by atoms with Crippen molar-refractivity contribution in [2.45, 2.75) is 38.1 Å². The fourth-order valence-corrected chi connectivity index (χ4v) is 2.98. The van der Waals surface area contributed by atoms with E-state index in [0.29, 0.717) is 6.54 Å². The van der Waals surface area contributed by atoms with Crippen molar-refractivity contribution in [1.29, 1.82) is 0 Å². The molecule has 0 aliphatic heterocycles. The summed E-state index contributed by atoms with van der Waals surface area (Å²) in [4.78, 5) is 22.6. The summed E-state index contributed by atoms with van der Waals surface area (Å²) in [7, 11) is -3.60. The number of sulfonamides is 1. The minimum atomic E-state index is -3.60. The number of carboxylic acids is 1. The van der Waals surface area contributed by atoms with Gasteiger partial charge in [0.15, 0.2) is 0 Å². The van der Waals surface area contributed by atoms with E-state index in [0.717, 1.165) is 0 Å². The molecule has 0 aromatic heterocycles. The molecule has 7 nitrogen and oxygen atoms in total. The van der Waals surface area contributed by atoms with Crippen LogP contribution in [0, 0.1) is 5.92 Å². The van der Waals surface area contributed by atoms with Crippen LogP contribution in [0.5, 0.6) is 0 Å². The van der Waals surface area contributed by atoms with Gasteiger partial charge in [-0.3, -0.25) is 9.59 Å². The molecule has 0 bridgehead atoms. The van der Waals surface area contributed by atoms with Crippen molar-refractivity contribution in [1.82, 2.24) is 10.0 Å². The summed E-state index contributed by atoms with van der Waals surface area (Å²) in [6.07, 6.45) is -0.183. The van der Waals surface area contributed by atoms with Crippen molar-refractivity contribution < 1.29 is 23.1 Å². The second kappa shape index (κ2) is 8.07. The van der Waals surface area contributed by atoms with Crippen molar-refractivity contribution in [3.05, 3.63) is 29.8 Å². The Morgan fingerprint density at radius 3 is 2.17 bits per heavy atom. The van der Waals surface area contributed by atoms with Gasteiger partial charge in [0.05, 0.1) is 11.3 Å². The summed E-state index contributed by atoms with van der Waals surface area (Å²) >= 11 is 0. The first-order chi connectivity index (χ1) is 10.6. The van der Waals surface area contributed by atoms with Crippen LogP contribution in [0.25, 0.3) is 0 Å². The standard InChI is InChI=1S/C15H22N2O5S/c1-10(2)9-16-23(21,22)13-6-4-12(5-7-13)15(20)17-11(3)8-14(18)19/h4-7,10-11,16H,8-9H2,1-3H3,(H,17,20)(H,18,19). The minimum absolute atomic E-state index is 0.0771. The third-order valence-corrected chi connectivity index (χ3v) is 4.41. The van der Waals surface area contributed by atoms with Crippen LogP contribution in [0.4, 0.5) is 0 Å². The fraction of sp³-hybridized carbons (Fsp3) is 0.467. The molecule has 3 N–H and O–H groups in total. The predicted molar refractivity (Wildman–Crippen MR) is 85.6 cm³/mol. The molecule has 0 saturated heterocycles. The number of aliphatic carboxylic acids is 1. The van der Waals surface area contributed by atoms with Gasteiger partial charge < -0.3 is 10.4 Å². The molecule has 1 aromatic carbocycles. The first-order valence-electron chi connectivity index (χ1n) is 7.24. The Balaban J connectivity index is 2.76. The predicted octanol–water partition coefficient (Wildman–Crippen LogP) is 1.21. The van der Waals surface area contributed by atoms with E-state index in [1.807, 2.05) is 13.8 Å². The van der Waals surface area contributed by atoms with E-state index in [-0.39, 0.29) is 22.8 Å². The number of amides is 1. The van der Waals surface area contributed by atoms with Gasteiger partial charge in [0.1, 0.15) is 0 Å². The Kier molecular flexibility index (Phi) is 6.71. The Morgan fingerprint density at radius 1 is 1.13 bits per heavy atom. The molecule has 0 aliphatic rings. The van der Waals surface area contributed by atoms with Gasteiger partial charge in [0.2, 0.25) is 10.0 Å². The number of carboxylic acid groups (broad SMARTS) is 1. The Morgan fingerprint density at radius 2 is 1.70 bits per heavy atom. The molecule has 128 valence electrons. The SMILES string of the molecule is CC(C)CNS(=O)(=O)c1ccc(C(=O)NC(C)CC(=O)O)cc1. The molecule has 0 heterocycles. The lowest BCUT2D eigenvalue weighted by Crippen LogP contribution is -2.34. The molecule has 1 amide bonds. The van der Waals surface area contributed by atoms with Gasteiger partial charge in [-0.2, -0.15) is 0 Å². The number of carbonyl (C=O) groups is 2. The van der Waals surface area contributed by atoms with Crippen molar-refractivity contribution in [2.24, 2.45) is 5.92 Å². The number of rotatable bonds is 8. The van der Waals surface area contributed by atoms with Crippen LogP contribution in [0.15, 0.2) is 29.2 Å². The lowest BCUT2D eigenvalue weighted by Gasteiger charge is -2.12. The third kappa shape index (κ3) is 6.37. The highest BCUT2D eigenvalue weighted by molar-refractivity contribution is 7.89. The number of hydrogen-bond donors (Lipinski definition) is 3. The van der Waals surface area contributed by atoms with E-state index in [1.165, 1.54) is 24.3 Å². The number of hydrogen-bond acceptors (Lipinski definition) is 4. The molecule has 0 radical (unpaired) electrons. The third-order valence-electron chi connectivity index (χ3n) is 2.97. The maximum atomic E-state index is 12.0. The van der Waals surface area contributed by atoms with Crippen molar-refractivity contribution in [2.75, 3.05) is 6.54 Å². The smallest absolute Gasteiger partial charge is 0.305 e. The van der Waals surface area contributed by atoms with Gasteiger partial charge in [-0.1, -0.05) is 13.8 Å². The highest BCUT2D eigenvalue weighted by Gasteiger charge is 2.16. The topological polar surface area (TPSA) is 113 Å². The Hall–Kier alpha value is -1.93. The lowest BCUT2D eigenvalue weighted by atomic mass is 10.2. The minimum Gasteiger partial charge on any atom is -0.481 e. The van der Waals surface area contributed by atoms with Crippen LogP contribution in [-0.4, -0.2) is 38.0 Å². The zero-order valence-corrected chi connectivity index (χ0v) is 14.2. The van der Waals surface area contributed by atoms with Crippen LogP contribution in [0.3, 0.4) is 0 Å². The van der Waals surface area contributed by atoms with Crippen molar-refractivity contribution in [3.63, 3.8) is 0 Å². The molecule has 0 fully saturated rings. The molecule has 1 aromatic rings. The van der Waals surface area contributed by atoms with Crippen molar-refractivity contribution in [3.8, 4) is 0 Å². The molecule has 0 aliphatic carbocycles. The number of nitrogens with one attached hydrogen (secondary N) is 2. The highest BCUT2D eigenvalue weighted by atomic mass is 32.2. The molecule has 8 heteroatoms. The zero-order chi connectivity index (χ0) is 17.6. The molecule has 1 rings (SSSR count). The quantitative estimate of drug-likeness (QED) is 0.657. The fourth-order valence-electron chi connectivity index (χ4n) is 1.77. The Labute approximate surface area is 136 Å². The maximum Gasteiger partial charge on any atom is 0.305 e. The Bertz CT molecular complexity index is 653. The summed E-state index contributed by atoms with van der Waals surface area (Å²) in [6.45, 7) is 5.71. The van der Waals surface area contributed by atoms with E-state index in [2.05, 4.69) is 10.0 Å². The van der Waals surface area contributed by atoms with Crippen LogP contribution < -0.4 is 10.0 Å². The molecule has 1 atom stereocenters. The summed E-state index contributed by atoms with van der Waals surface area (Å²) in [5, 5.41) is 11.2. The first kappa shape index (κ1) is 19.1. The van der Waals surface area contributed by atoms with Crippen LogP contribution in [0.1, 0.15) is 37.6 Å². The van der Waals surface area contributed by atoms with E-state index in [9.17, 15) is 18.0 Å². The van der Waals surface area contributed by atoms with Gasteiger partial charge in [-0.15, -0.1) is 0 Å². The van der Waals surface area contributed by atoms with E-state index in [4.69, 9.17) is 5.11 Å². The monoisotopic (exact) mass is 342 g/mol. The van der Waals surface area contributed by atoms with E-state index < -0.39 is 27.9 Å². The zero-order valence-electron chi connectivity index (χ0n) is 13.4. The molecule has 0 saturated carbocycles. The summed E-state index contributed by atoms with van der Waals surface area (Å²) in [6, 6.07) is 4.97. The van der Waals surface area contributed by atoms with Crippen LogP contribution in [0.2, 0.25) is 0 Å². The summed E-state index contributed by atoms with van der Waals surface area (Å²) in [5.41, 5.74) is 0.269. The summed E-state index contributed by atoms with van der Waals surface area (Å²) in [5.74, 6) is -1.26. The van der Waals surface area contributed by atoms with Crippen LogP contribution in [-0.2, 0) is 14.8 Å². The maximum absolute atomic E-state index is 12.0. The number of benzene rings is 1. The molecule has 1 unspecified atom stereocenters. The summed E-state index contributed by atoms with van der Waals surface area (Å²) < 4.78 is 26.6. The average molecular weight is 342 g/mol. The highest BCUT2D eigenvalue weighted by Crippen LogP contribution is 2.11. The van der Waals surface area contributed by atoms with Crippen molar-refractivity contribution >= 4 is 21.9 Å². The van der Waals surface area contributed by atoms with Gasteiger partial charge in [-0.05, 0) is 37.1 Å². The van der Waals surface area contributed by atoms with Gasteiger partial charge in [0.25, 0.3) is 5.91 Å². The van der Waals surface area contributed by atoms with Gasteiger partial charge in [-0.25, -0.2) is 13.1 Å². The van der Waals surface area contributed by atoms with Gasteiger partial charge >= 0.3 is 5.97 Å². The molecular weight excluding hydrogens is 320 g/mol. The van der Waals surface area contributed by atoms with Gasteiger partial charge in [0, 0.05) is 18.2 Å². The van der Waals surface area contributed by atoms with Crippen LogP contribution >= 0.6 is 0 Å².